The number of carbonyl (C=O) groups excluding carboxylic acids is 1. The maximum atomic E-state index is 13.2. The number of fused-ring (bicyclic) bond motifs is 3. The van der Waals surface area contributed by atoms with Gasteiger partial charge in [0.2, 0.25) is 0 Å². The van der Waals surface area contributed by atoms with Gasteiger partial charge in [-0.3, -0.25) is 9.59 Å². The number of rotatable bonds is 5. The third kappa shape index (κ3) is 3.81. The fourth-order valence-electron chi connectivity index (χ4n) is 4.19. The van der Waals surface area contributed by atoms with Crippen molar-refractivity contribution in [1.29, 1.82) is 0 Å². The van der Waals surface area contributed by atoms with Crippen molar-refractivity contribution in [3.8, 4) is 0 Å². The monoisotopic (exact) mass is 356 g/mol. The Morgan fingerprint density at radius 1 is 1.16 bits per heavy atom. The van der Waals surface area contributed by atoms with Gasteiger partial charge in [0.05, 0.1) is 5.56 Å². The number of piperidine rings is 2. The Labute approximate surface area is 144 Å². The highest BCUT2D eigenvalue weighted by molar-refractivity contribution is 5.93. The predicted molar refractivity (Wildman–Crippen MR) is 87.6 cm³/mol. The molecule has 3 heterocycles. The summed E-state index contributed by atoms with van der Waals surface area (Å²) < 4.78 is 40.4. The summed E-state index contributed by atoms with van der Waals surface area (Å²) in [5, 5.41) is 0. The summed E-state index contributed by atoms with van der Waals surface area (Å²) >= 11 is 0. The predicted octanol–water partition coefficient (Wildman–Crippen LogP) is 3.33. The second-order valence-electron chi connectivity index (χ2n) is 7.17. The largest absolute Gasteiger partial charge is 0.431 e. The molecule has 2 saturated heterocycles. The van der Waals surface area contributed by atoms with Crippen LogP contribution in [0.3, 0.4) is 0 Å². The number of Topliss-reactive ketones (excluding diaryl/α,β-unsaturated/α-hetero) is 1. The van der Waals surface area contributed by atoms with E-state index in [0.29, 0.717) is 24.9 Å². The Morgan fingerprint density at radius 3 is 2.36 bits per heavy atom. The van der Waals surface area contributed by atoms with Crippen molar-refractivity contribution in [2.24, 2.45) is 5.92 Å². The molecule has 1 aromatic heterocycles. The first-order chi connectivity index (χ1) is 11.8. The number of nitrogens with zero attached hydrogens (tertiary/aromatic N) is 2. The lowest BCUT2D eigenvalue weighted by Gasteiger charge is -2.45. The number of aromatic nitrogens is 1. The lowest BCUT2D eigenvalue weighted by molar-refractivity contribution is -0.144. The lowest BCUT2D eigenvalue weighted by atomic mass is 9.80. The van der Waals surface area contributed by atoms with Crippen LogP contribution >= 0.6 is 0 Å². The van der Waals surface area contributed by atoms with Crippen molar-refractivity contribution >= 4 is 5.78 Å². The molecule has 4 nitrogen and oxygen atoms in total. The molecule has 7 heteroatoms. The second kappa shape index (κ2) is 6.94. The third-order valence-corrected chi connectivity index (χ3v) is 5.50. The molecule has 138 valence electrons. The molecule has 2 bridgehead atoms. The molecule has 1 aliphatic carbocycles. The van der Waals surface area contributed by atoms with Gasteiger partial charge in [-0.1, -0.05) is 0 Å². The molecule has 2 aliphatic heterocycles. The fourth-order valence-corrected chi connectivity index (χ4v) is 4.19. The highest BCUT2D eigenvalue weighted by atomic mass is 19.4. The fraction of sp³-hybridized carbons (Fsp3) is 0.667. The van der Waals surface area contributed by atoms with Gasteiger partial charge >= 0.3 is 6.18 Å². The van der Waals surface area contributed by atoms with Gasteiger partial charge in [-0.2, -0.15) is 13.2 Å². The summed E-state index contributed by atoms with van der Waals surface area (Å²) in [6.45, 7) is 2.87. The summed E-state index contributed by atoms with van der Waals surface area (Å²) in [4.78, 5) is 26.2. The maximum Gasteiger partial charge on any atom is 0.431 e. The Balaban J connectivity index is 1.75. The summed E-state index contributed by atoms with van der Waals surface area (Å²) in [6.07, 6.45) is 0.682. The van der Waals surface area contributed by atoms with E-state index in [1.165, 1.54) is 19.8 Å². The van der Waals surface area contributed by atoms with Gasteiger partial charge in [0.15, 0.2) is 5.78 Å². The van der Waals surface area contributed by atoms with E-state index < -0.39 is 23.2 Å². The quantitative estimate of drug-likeness (QED) is 0.760. The molecule has 0 amide bonds. The number of pyridine rings is 1. The van der Waals surface area contributed by atoms with Crippen LogP contribution in [0.1, 0.15) is 55.1 Å². The van der Waals surface area contributed by atoms with Crippen molar-refractivity contribution in [3.63, 3.8) is 0 Å². The van der Waals surface area contributed by atoms with E-state index in [4.69, 9.17) is 0 Å². The molecule has 1 saturated carbocycles. The minimum atomic E-state index is -4.61. The van der Waals surface area contributed by atoms with Gasteiger partial charge in [0, 0.05) is 25.7 Å². The highest BCUT2D eigenvalue weighted by Crippen LogP contribution is 2.35. The normalized spacial score (nSPS) is 23.8. The number of hydrogen-bond donors (Lipinski definition) is 0. The standard InChI is InChI=1S/C18H23F3N2O2/c1-12(24)15-7-8-16(18(19,20)21)23(17(15)25)10-2-9-22-11-13-3-5-14(22)6-4-13/h7-8,13-14H,2-6,9-11H2,1H3. The molecule has 0 spiro atoms. The zero-order chi connectivity index (χ0) is 18.2. The van der Waals surface area contributed by atoms with Crippen LogP contribution in [0.15, 0.2) is 16.9 Å². The molecular weight excluding hydrogens is 333 g/mol. The van der Waals surface area contributed by atoms with Crippen LogP contribution in [-0.2, 0) is 12.7 Å². The van der Waals surface area contributed by atoms with Crippen LogP contribution in [0.5, 0.6) is 0 Å². The minimum absolute atomic E-state index is 0.0251. The van der Waals surface area contributed by atoms with Gasteiger partial charge in [0.25, 0.3) is 5.56 Å². The van der Waals surface area contributed by atoms with Crippen molar-refractivity contribution in [2.75, 3.05) is 13.1 Å². The van der Waals surface area contributed by atoms with E-state index >= 15 is 0 Å². The van der Waals surface area contributed by atoms with Gasteiger partial charge in [-0.15, -0.1) is 0 Å². The van der Waals surface area contributed by atoms with Crippen molar-refractivity contribution in [1.82, 2.24) is 9.47 Å². The number of carbonyl (C=O) groups is 1. The van der Waals surface area contributed by atoms with E-state index in [2.05, 4.69) is 4.90 Å². The van der Waals surface area contributed by atoms with E-state index in [0.717, 1.165) is 36.1 Å². The number of ketones is 1. The van der Waals surface area contributed by atoms with E-state index in [1.807, 2.05) is 0 Å². The second-order valence-corrected chi connectivity index (χ2v) is 7.17. The van der Waals surface area contributed by atoms with E-state index in [-0.39, 0.29) is 12.1 Å². The Kier molecular flexibility index (Phi) is 5.04. The van der Waals surface area contributed by atoms with E-state index in [1.54, 1.807) is 0 Å². The molecular formula is C18H23F3N2O2. The van der Waals surface area contributed by atoms with Crippen LogP contribution in [0.2, 0.25) is 0 Å². The SMILES string of the molecule is CC(=O)c1ccc(C(F)(F)F)n(CCCN2CC3CCC2CC3)c1=O. The Morgan fingerprint density at radius 2 is 1.84 bits per heavy atom. The topological polar surface area (TPSA) is 42.3 Å². The molecule has 4 rings (SSSR count). The van der Waals surface area contributed by atoms with Crippen LogP contribution in [0.25, 0.3) is 0 Å². The molecule has 0 atom stereocenters. The van der Waals surface area contributed by atoms with Gasteiger partial charge in [-0.25, -0.2) is 0 Å². The minimum Gasteiger partial charge on any atom is -0.304 e. The highest BCUT2D eigenvalue weighted by Gasteiger charge is 2.36. The molecule has 0 N–H and O–H groups in total. The van der Waals surface area contributed by atoms with Crippen molar-refractivity contribution in [2.45, 2.75) is 57.8 Å². The average Bonchev–Trinajstić information content (AvgIpc) is 2.56. The number of hydrogen-bond acceptors (Lipinski definition) is 3. The third-order valence-electron chi connectivity index (χ3n) is 5.50. The van der Waals surface area contributed by atoms with Gasteiger partial charge < -0.3 is 9.47 Å². The van der Waals surface area contributed by atoms with Gasteiger partial charge in [-0.05, 0) is 57.1 Å². The molecule has 3 fully saturated rings. The summed E-state index contributed by atoms with van der Waals surface area (Å²) in [5.74, 6) is 0.195. The average molecular weight is 356 g/mol. The number of halogens is 3. The van der Waals surface area contributed by atoms with Crippen LogP contribution in [0.4, 0.5) is 13.2 Å². The Hall–Kier alpha value is -1.63. The molecule has 0 radical (unpaired) electrons. The van der Waals surface area contributed by atoms with E-state index in [9.17, 15) is 22.8 Å². The summed E-state index contributed by atoms with van der Waals surface area (Å²) in [5.41, 5.74) is -2.02. The van der Waals surface area contributed by atoms with Crippen LogP contribution in [-0.4, -0.2) is 34.4 Å². The maximum absolute atomic E-state index is 13.2. The molecule has 0 unspecified atom stereocenters. The first-order valence-corrected chi connectivity index (χ1v) is 8.83. The molecule has 25 heavy (non-hydrogen) atoms. The smallest absolute Gasteiger partial charge is 0.304 e. The van der Waals surface area contributed by atoms with Crippen molar-refractivity contribution < 1.29 is 18.0 Å². The zero-order valence-electron chi connectivity index (χ0n) is 14.3. The summed E-state index contributed by atoms with van der Waals surface area (Å²) in [7, 11) is 0. The van der Waals surface area contributed by atoms with Gasteiger partial charge in [0.1, 0.15) is 5.69 Å². The first-order valence-electron chi connectivity index (χ1n) is 8.83. The molecule has 0 aromatic carbocycles. The van der Waals surface area contributed by atoms with Crippen molar-refractivity contribution in [3.05, 3.63) is 33.7 Å². The van der Waals surface area contributed by atoms with Crippen LogP contribution < -0.4 is 5.56 Å². The Bertz CT molecular complexity index is 703. The van der Waals surface area contributed by atoms with Crippen LogP contribution in [0, 0.1) is 5.92 Å². The zero-order valence-corrected chi connectivity index (χ0v) is 14.3. The first kappa shape index (κ1) is 18.2. The molecule has 1 aromatic rings. The summed E-state index contributed by atoms with van der Waals surface area (Å²) in [6, 6.07) is 2.35. The lowest BCUT2D eigenvalue weighted by Crippen LogP contribution is -2.48. The molecule has 3 aliphatic rings. The number of alkyl halides is 3.